The molecule has 1 aromatic heterocycles. The van der Waals surface area contributed by atoms with Crippen molar-refractivity contribution < 1.29 is 4.79 Å². The van der Waals surface area contributed by atoms with Crippen molar-refractivity contribution in [2.75, 3.05) is 5.32 Å². The van der Waals surface area contributed by atoms with Crippen molar-refractivity contribution in [2.45, 2.75) is 19.9 Å². The van der Waals surface area contributed by atoms with E-state index in [9.17, 15) is 4.79 Å². The number of primary amides is 1. The highest BCUT2D eigenvalue weighted by atomic mass is 79.9. The van der Waals surface area contributed by atoms with Crippen LogP contribution in [0, 0.1) is 5.92 Å². The molecule has 1 heterocycles. The summed E-state index contributed by atoms with van der Waals surface area (Å²) in [7, 11) is 0. The summed E-state index contributed by atoms with van der Waals surface area (Å²) >= 11 is 4.68. The number of hydrogen-bond donors (Lipinski definition) is 2. The first-order valence-electron chi connectivity index (χ1n) is 4.17. The van der Waals surface area contributed by atoms with Crippen molar-refractivity contribution in [3.63, 3.8) is 0 Å². The van der Waals surface area contributed by atoms with Crippen LogP contribution >= 0.6 is 27.3 Å². The van der Waals surface area contributed by atoms with Gasteiger partial charge in [0.25, 0.3) is 0 Å². The molecule has 3 N–H and O–H groups in total. The topological polar surface area (TPSA) is 68.0 Å². The molecule has 0 aliphatic heterocycles. The van der Waals surface area contributed by atoms with Gasteiger partial charge in [-0.3, -0.25) is 4.79 Å². The summed E-state index contributed by atoms with van der Waals surface area (Å²) < 4.78 is 0.761. The Kier molecular flexibility index (Phi) is 3.88. The molecule has 0 spiro atoms. The Morgan fingerprint density at radius 1 is 1.71 bits per heavy atom. The first kappa shape index (κ1) is 11.5. The fourth-order valence-corrected chi connectivity index (χ4v) is 2.20. The lowest BCUT2D eigenvalue weighted by atomic mass is 10.0. The Bertz CT molecular complexity index is 326. The molecule has 78 valence electrons. The Morgan fingerprint density at radius 2 is 2.36 bits per heavy atom. The highest BCUT2D eigenvalue weighted by Gasteiger charge is 2.19. The SMILES string of the molecule is CC(C)C(Nc1nc(Br)cs1)C(N)=O. The van der Waals surface area contributed by atoms with Crippen molar-refractivity contribution in [1.82, 2.24) is 4.98 Å². The third-order valence-corrected chi connectivity index (χ3v) is 3.21. The number of halogens is 1. The molecule has 0 saturated heterocycles. The molecular formula is C8H12BrN3OS. The summed E-state index contributed by atoms with van der Waals surface area (Å²) in [5.74, 6) is -0.207. The van der Waals surface area contributed by atoms with Gasteiger partial charge in [0.2, 0.25) is 5.91 Å². The summed E-state index contributed by atoms with van der Waals surface area (Å²) in [6.07, 6.45) is 0. The van der Waals surface area contributed by atoms with Gasteiger partial charge in [0.15, 0.2) is 5.13 Å². The summed E-state index contributed by atoms with van der Waals surface area (Å²) in [5.41, 5.74) is 5.26. The van der Waals surface area contributed by atoms with Gasteiger partial charge in [-0.15, -0.1) is 11.3 Å². The summed E-state index contributed by atoms with van der Waals surface area (Å²) in [6, 6.07) is -0.368. The molecule has 0 aliphatic rings. The molecule has 1 rings (SSSR count). The van der Waals surface area contributed by atoms with Gasteiger partial charge in [-0.05, 0) is 21.8 Å². The van der Waals surface area contributed by atoms with Crippen molar-refractivity contribution in [3.05, 3.63) is 9.98 Å². The average molecular weight is 278 g/mol. The Balaban J connectivity index is 2.69. The van der Waals surface area contributed by atoms with Gasteiger partial charge < -0.3 is 11.1 Å². The molecule has 0 fully saturated rings. The number of nitrogens with two attached hydrogens (primary N) is 1. The Labute approximate surface area is 95.0 Å². The molecule has 0 bridgehead atoms. The second-order valence-corrected chi connectivity index (χ2v) is 4.91. The van der Waals surface area contributed by atoms with E-state index in [1.165, 1.54) is 11.3 Å². The van der Waals surface area contributed by atoms with E-state index >= 15 is 0 Å². The standard InChI is InChI=1S/C8H12BrN3OS/c1-4(2)6(7(10)13)12-8-11-5(9)3-14-8/h3-4,6H,1-2H3,(H2,10,13)(H,11,12). The molecule has 0 aromatic carbocycles. The Hall–Kier alpha value is -0.620. The Morgan fingerprint density at radius 3 is 2.71 bits per heavy atom. The summed E-state index contributed by atoms with van der Waals surface area (Å²) in [5, 5.41) is 5.55. The number of carbonyl (C=O) groups excluding carboxylic acids is 1. The van der Waals surface area contributed by atoms with Crippen LogP contribution in [0.15, 0.2) is 9.98 Å². The summed E-state index contributed by atoms with van der Waals surface area (Å²) in [4.78, 5) is 15.2. The molecule has 1 unspecified atom stereocenters. The average Bonchev–Trinajstić information content (AvgIpc) is 2.46. The van der Waals surface area contributed by atoms with Crippen molar-refractivity contribution in [3.8, 4) is 0 Å². The van der Waals surface area contributed by atoms with Crippen LogP contribution in [-0.4, -0.2) is 16.9 Å². The van der Waals surface area contributed by atoms with E-state index in [4.69, 9.17) is 5.73 Å². The summed E-state index contributed by atoms with van der Waals surface area (Å²) in [6.45, 7) is 3.87. The van der Waals surface area contributed by atoms with Crippen LogP contribution in [0.4, 0.5) is 5.13 Å². The minimum absolute atomic E-state index is 0.148. The van der Waals surface area contributed by atoms with E-state index in [1.54, 1.807) is 0 Å². The lowest BCUT2D eigenvalue weighted by molar-refractivity contribution is -0.119. The van der Waals surface area contributed by atoms with E-state index in [-0.39, 0.29) is 17.9 Å². The molecule has 6 heteroatoms. The van der Waals surface area contributed by atoms with E-state index in [2.05, 4.69) is 26.2 Å². The van der Waals surface area contributed by atoms with Gasteiger partial charge in [0.1, 0.15) is 10.6 Å². The number of thiazole rings is 1. The van der Waals surface area contributed by atoms with Gasteiger partial charge in [-0.1, -0.05) is 13.8 Å². The van der Waals surface area contributed by atoms with Crippen LogP contribution in [0.5, 0.6) is 0 Å². The number of carbonyl (C=O) groups is 1. The minimum Gasteiger partial charge on any atom is -0.368 e. The molecule has 1 amide bonds. The number of nitrogens with one attached hydrogen (secondary N) is 1. The normalized spacial score (nSPS) is 12.9. The number of amides is 1. The van der Waals surface area contributed by atoms with Crippen LogP contribution in [0.3, 0.4) is 0 Å². The lowest BCUT2D eigenvalue weighted by Gasteiger charge is -2.17. The van der Waals surface area contributed by atoms with Gasteiger partial charge in [-0.2, -0.15) is 0 Å². The van der Waals surface area contributed by atoms with E-state index in [0.717, 1.165) is 4.60 Å². The highest BCUT2D eigenvalue weighted by Crippen LogP contribution is 2.21. The third-order valence-electron chi connectivity index (χ3n) is 1.73. The van der Waals surface area contributed by atoms with Crippen LogP contribution < -0.4 is 11.1 Å². The maximum absolute atomic E-state index is 11.1. The highest BCUT2D eigenvalue weighted by molar-refractivity contribution is 9.10. The van der Waals surface area contributed by atoms with Crippen LogP contribution in [0.25, 0.3) is 0 Å². The van der Waals surface area contributed by atoms with Crippen molar-refractivity contribution in [1.29, 1.82) is 0 Å². The second kappa shape index (κ2) is 4.75. The molecule has 4 nitrogen and oxygen atoms in total. The number of hydrogen-bond acceptors (Lipinski definition) is 4. The van der Waals surface area contributed by atoms with Gasteiger partial charge in [0, 0.05) is 5.38 Å². The molecule has 1 atom stereocenters. The largest absolute Gasteiger partial charge is 0.368 e. The maximum Gasteiger partial charge on any atom is 0.240 e. The van der Waals surface area contributed by atoms with Gasteiger partial charge in [0.05, 0.1) is 0 Å². The van der Waals surface area contributed by atoms with Crippen LogP contribution in [0.1, 0.15) is 13.8 Å². The predicted molar refractivity (Wildman–Crippen MR) is 61.3 cm³/mol. The zero-order valence-corrected chi connectivity index (χ0v) is 10.4. The zero-order chi connectivity index (χ0) is 10.7. The molecule has 14 heavy (non-hydrogen) atoms. The monoisotopic (exact) mass is 277 g/mol. The van der Waals surface area contributed by atoms with E-state index in [0.29, 0.717) is 5.13 Å². The van der Waals surface area contributed by atoms with Crippen molar-refractivity contribution >= 4 is 38.3 Å². The first-order valence-corrected chi connectivity index (χ1v) is 5.85. The molecule has 0 saturated carbocycles. The molecule has 1 aromatic rings. The lowest BCUT2D eigenvalue weighted by Crippen LogP contribution is -2.39. The fraction of sp³-hybridized carbons (Fsp3) is 0.500. The first-order chi connectivity index (χ1) is 6.50. The molecular weight excluding hydrogens is 266 g/mol. The fourth-order valence-electron chi connectivity index (χ4n) is 1.02. The van der Waals surface area contributed by atoms with Gasteiger partial charge >= 0.3 is 0 Å². The number of aromatic nitrogens is 1. The van der Waals surface area contributed by atoms with Gasteiger partial charge in [-0.25, -0.2) is 4.98 Å². The maximum atomic E-state index is 11.1. The third kappa shape index (κ3) is 2.95. The minimum atomic E-state index is -0.368. The molecule has 0 aliphatic carbocycles. The number of anilines is 1. The van der Waals surface area contributed by atoms with Crippen LogP contribution in [0.2, 0.25) is 0 Å². The number of nitrogens with zero attached hydrogens (tertiary/aromatic N) is 1. The number of rotatable bonds is 4. The van der Waals surface area contributed by atoms with Crippen molar-refractivity contribution in [2.24, 2.45) is 11.7 Å². The quantitative estimate of drug-likeness (QED) is 0.882. The molecule has 0 radical (unpaired) electrons. The van der Waals surface area contributed by atoms with E-state index in [1.807, 2.05) is 19.2 Å². The predicted octanol–water partition coefficient (Wildman–Crippen LogP) is 1.83. The van der Waals surface area contributed by atoms with Crippen LogP contribution in [-0.2, 0) is 4.79 Å². The van der Waals surface area contributed by atoms with E-state index < -0.39 is 0 Å². The smallest absolute Gasteiger partial charge is 0.240 e. The second-order valence-electron chi connectivity index (χ2n) is 3.24. The zero-order valence-electron chi connectivity index (χ0n) is 7.95.